The van der Waals surface area contributed by atoms with Crippen molar-refractivity contribution in [1.82, 2.24) is 10.2 Å². The summed E-state index contributed by atoms with van der Waals surface area (Å²) < 4.78 is 10.5. The quantitative estimate of drug-likeness (QED) is 0.444. The van der Waals surface area contributed by atoms with Crippen LogP contribution in [0, 0.1) is 10.1 Å². The number of nitrogens with zero attached hydrogens (tertiary/aromatic N) is 2. The molecule has 2 aromatic carbocycles. The number of likely N-dealkylation sites (N-methyl/N-ethyl adjacent to an activating group) is 1. The molecular formula is C20H21Cl2N3O6. The zero-order valence-corrected chi connectivity index (χ0v) is 18.6. The van der Waals surface area contributed by atoms with E-state index in [1.807, 2.05) is 0 Å². The van der Waals surface area contributed by atoms with E-state index in [4.69, 9.17) is 32.7 Å². The van der Waals surface area contributed by atoms with Crippen LogP contribution >= 0.6 is 23.2 Å². The van der Waals surface area contributed by atoms with Gasteiger partial charge in [-0.2, -0.15) is 0 Å². The molecule has 11 heteroatoms. The summed E-state index contributed by atoms with van der Waals surface area (Å²) in [7, 11) is 2.75. The van der Waals surface area contributed by atoms with Gasteiger partial charge in [0.15, 0.2) is 6.61 Å². The molecule has 9 nitrogen and oxygen atoms in total. The zero-order chi connectivity index (χ0) is 23.1. The van der Waals surface area contributed by atoms with Gasteiger partial charge in [-0.15, -0.1) is 0 Å². The largest absolute Gasteiger partial charge is 0.490 e. The second-order valence-corrected chi connectivity index (χ2v) is 7.21. The normalized spacial score (nSPS) is 11.4. The van der Waals surface area contributed by atoms with Crippen LogP contribution in [0.5, 0.6) is 11.5 Å². The van der Waals surface area contributed by atoms with Crippen LogP contribution in [-0.2, 0) is 16.1 Å². The number of nitrogens with one attached hydrogen (secondary N) is 1. The molecule has 0 spiro atoms. The smallest absolute Gasteiger partial charge is 0.311 e. The summed E-state index contributed by atoms with van der Waals surface area (Å²) >= 11 is 12.4. The van der Waals surface area contributed by atoms with Crippen LogP contribution in [0.25, 0.3) is 0 Å². The Morgan fingerprint density at radius 3 is 2.42 bits per heavy atom. The van der Waals surface area contributed by atoms with Gasteiger partial charge in [-0.1, -0.05) is 29.3 Å². The molecule has 2 aromatic rings. The number of halogens is 2. The van der Waals surface area contributed by atoms with Gasteiger partial charge in [-0.25, -0.2) is 0 Å². The van der Waals surface area contributed by atoms with Crippen molar-refractivity contribution >= 4 is 40.7 Å². The Balaban J connectivity index is 2.23. The van der Waals surface area contributed by atoms with Gasteiger partial charge in [0.25, 0.3) is 5.91 Å². The molecular weight excluding hydrogens is 449 g/mol. The molecule has 1 atom stereocenters. The van der Waals surface area contributed by atoms with Crippen LogP contribution in [0.1, 0.15) is 12.5 Å². The number of rotatable bonds is 9. The van der Waals surface area contributed by atoms with Gasteiger partial charge in [-0.05, 0) is 25.1 Å². The molecule has 0 bridgehead atoms. The molecule has 0 aliphatic heterocycles. The summed E-state index contributed by atoms with van der Waals surface area (Å²) in [5.74, 6) is -0.703. The Morgan fingerprint density at radius 2 is 1.87 bits per heavy atom. The number of hydrogen-bond acceptors (Lipinski definition) is 6. The minimum atomic E-state index is -0.833. The zero-order valence-electron chi connectivity index (χ0n) is 17.1. The van der Waals surface area contributed by atoms with Crippen molar-refractivity contribution < 1.29 is 24.0 Å². The molecule has 166 valence electrons. The molecule has 0 saturated heterocycles. The van der Waals surface area contributed by atoms with Gasteiger partial charge in [0.1, 0.15) is 11.8 Å². The fourth-order valence-corrected chi connectivity index (χ4v) is 3.29. The maximum Gasteiger partial charge on any atom is 0.311 e. The lowest BCUT2D eigenvalue weighted by molar-refractivity contribution is -0.385. The molecule has 0 aromatic heterocycles. The Bertz CT molecular complexity index is 965. The predicted octanol–water partition coefficient (Wildman–Crippen LogP) is 3.45. The first-order chi connectivity index (χ1) is 14.7. The Labute approximate surface area is 189 Å². The van der Waals surface area contributed by atoms with Crippen molar-refractivity contribution in [2.24, 2.45) is 0 Å². The summed E-state index contributed by atoms with van der Waals surface area (Å²) in [6.45, 7) is 1.12. The van der Waals surface area contributed by atoms with E-state index in [1.54, 1.807) is 25.1 Å². The minimum absolute atomic E-state index is 0.00613. The maximum absolute atomic E-state index is 12.9. The molecule has 0 saturated carbocycles. The number of carbonyl (C=O) groups is 2. The molecule has 0 radical (unpaired) electrons. The van der Waals surface area contributed by atoms with Crippen molar-refractivity contribution in [3.63, 3.8) is 0 Å². The first-order valence-electron chi connectivity index (χ1n) is 9.08. The van der Waals surface area contributed by atoms with Crippen LogP contribution in [-0.4, -0.2) is 48.4 Å². The Kier molecular flexibility index (Phi) is 8.47. The number of methoxy groups -OCH3 is 1. The van der Waals surface area contributed by atoms with Crippen molar-refractivity contribution in [2.75, 3.05) is 20.8 Å². The number of carbonyl (C=O) groups excluding carboxylic acids is 2. The summed E-state index contributed by atoms with van der Waals surface area (Å²) in [5, 5.41) is 14.2. The van der Waals surface area contributed by atoms with Gasteiger partial charge in [0.05, 0.1) is 12.0 Å². The lowest BCUT2D eigenvalue weighted by atomic mass is 10.1. The number of hydrogen-bond donors (Lipinski definition) is 1. The van der Waals surface area contributed by atoms with Crippen LogP contribution in [0.2, 0.25) is 10.0 Å². The molecule has 0 fully saturated rings. The van der Waals surface area contributed by atoms with Gasteiger partial charge in [0, 0.05) is 41.3 Å². The van der Waals surface area contributed by atoms with E-state index in [1.165, 1.54) is 37.3 Å². The Hall–Kier alpha value is -3.04. The van der Waals surface area contributed by atoms with Crippen LogP contribution in [0.4, 0.5) is 5.69 Å². The highest BCUT2D eigenvalue weighted by Gasteiger charge is 2.27. The molecule has 2 rings (SSSR count). The maximum atomic E-state index is 12.9. The molecule has 1 unspecified atom stereocenters. The van der Waals surface area contributed by atoms with E-state index in [0.717, 1.165) is 0 Å². The highest BCUT2D eigenvalue weighted by atomic mass is 35.5. The van der Waals surface area contributed by atoms with Gasteiger partial charge >= 0.3 is 5.69 Å². The summed E-state index contributed by atoms with van der Waals surface area (Å²) in [4.78, 5) is 36.8. The Morgan fingerprint density at radius 1 is 1.23 bits per heavy atom. The van der Waals surface area contributed by atoms with E-state index < -0.39 is 23.5 Å². The van der Waals surface area contributed by atoms with Crippen molar-refractivity contribution in [3.05, 3.63) is 62.1 Å². The monoisotopic (exact) mass is 469 g/mol. The molecule has 2 amide bonds. The van der Waals surface area contributed by atoms with Gasteiger partial charge in [-0.3, -0.25) is 19.7 Å². The molecule has 0 aliphatic carbocycles. The van der Waals surface area contributed by atoms with E-state index in [2.05, 4.69) is 5.32 Å². The second kappa shape index (κ2) is 10.8. The molecule has 1 N–H and O–H groups in total. The van der Waals surface area contributed by atoms with Crippen LogP contribution < -0.4 is 14.8 Å². The summed E-state index contributed by atoms with van der Waals surface area (Å²) in [5.41, 5.74) is 0.261. The van der Waals surface area contributed by atoms with Gasteiger partial charge in [0.2, 0.25) is 11.7 Å². The lowest BCUT2D eigenvalue weighted by Gasteiger charge is -2.29. The minimum Gasteiger partial charge on any atom is -0.490 e. The lowest BCUT2D eigenvalue weighted by Crippen LogP contribution is -2.48. The van der Waals surface area contributed by atoms with Crippen molar-refractivity contribution in [1.29, 1.82) is 0 Å². The van der Waals surface area contributed by atoms with E-state index in [0.29, 0.717) is 15.6 Å². The third-order valence-electron chi connectivity index (χ3n) is 4.51. The SMILES string of the molecule is CNC(=O)C(C)N(Cc1c(Cl)cccc1Cl)C(=O)COc1ccc([N+](=O)[O-])c(OC)c1. The highest BCUT2D eigenvalue weighted by Crippen LogP contribution is 2.31. The topological polar surface area (TPSA) is 111 Å². The van der Waals surface area contributed by atoms with Gasteiger partial charge < -0.3 is 19.7 Å². The highest BCUT2D eigenvalue weighted by molar-refractivity contribution is 6.36. The average Bonchev–Trinajstić information content (AvgIpc) is 2.75. The molecule has 31 heavy (non-hydrogen) atoms. The fourth-order valence-electron chi connectivity index (χ4n) is 2.77. The fraction of sp³-hybridized carbons (Fsp3) is 0.300. The number of ether oxygens (including phenoxy) is 2. The number of nitro benzene ring substituents is 1. The van der Waals surface area contributed by atoms with E-state index in [9.17, 15) is 19.7 Å². The number of nitro groups is 1. The number of amides is 2. The number of benzene rings is 2. The van der Waals surface area contributed by atoms with E-state index in [-0.39, 0.29) is 29.6 Å². The molecule has 0 heterocycles. The summed E-state index contributed by atoms with van der Waals surface area (Å²) in [6, 6.07) is 7.99. The average molecular weight is 470 g/mol. The standard InChI is InChI=1S/C20H21Cl2N3O6/c1-12(20(27)23-2)24(10-14-15(21)5-4-6-16(14)22)19(26)11-31-13-7-8-17(25(28)29)18(9-13)30-3/h4-9,12H,10-11H2,1-3H3,(H,23,27). The summed E-state index contributed by atoms with van der Waals surface area (Å²) in [6.07, 6.45) is 0. The van der Waals surface area contributed by atoms with E-state index >= 15 is 0 Å². The third kappa shape index (κ3) is 5.99. The second-order valence-electron chi connectivity index (χ2n) is 6.39. The van der Waals surface area contributed by atoms with Crippen LogP contribution in [0.3, 0.4) is 0 Å². The molecule has 0 aliphatic rings. The first-order valence-corrected chi connectivity index (χ1v) is 9.84. The predicted molar refractivity (Wildman–Crippen MR) is 116 cm³/mol. The van der Waals surface area contributed by atoms with Crippen LogP contribution in [0.15, 0.2) is 36.4 Å². The van der Waals surface area contributed by atoms with Crippen molar-refractivity contribution in [2.45, 2.75) is 19.5 Å². The van der Waals surface area contributed by atoms with Crippen molar-refractivity contribution in [3.8, 4) is 11.5 Å². The first kappa shape index (κ1) is 24.2. The third-order valence-corrected chi connectivity index (χ3v) is 5.22.